The molecule has 1 aromatic heterocycles. The average molecular weight is 259 g/mol. The molecule has 1 N–H and O–H groups in total. The second kappa shape index (κ2) is 7.05. The molecular weight excluding hydrogens is 238 g/mol. The number of rotatable bonds is 6. The summed E-state index contributed by atoms with van der Waals surface area (Å²) in [7, 11) is 0. The fraction of sp³-hybridized carbons (Fsp3) is 0.643. The Morgan fingerprint density at radius 3 is 3.16 bits per heavy atom. The molecule has 2 heterocycles. The summed E-state index contributed by atoms with van der Waals surface area (Å²) in [6.07, 6.45) is 6.38. The van der Waals surface area contributed by atoms with Crippen LogP contribution in [0.3, 0.4) is 0 Å². The van der Waals surface area contributed by atoms with Gasteiger partial charge >= 0.3 is 0 Å². The molecule has 102 valence electrons. The first-order valence-electron chi connectivity index (χ1n) is 7.05. The quantitative estimate of drug-likeness (QED) is 0.842. The molecule has 0 aliphatic carbocycles. The van der Waals surface area contributed by atoms with E-state index in [0.29, 0.717) is 17.7 Å². The van der Waals surface area contributed by atoms with Crippen LogP contribution in [0, 0.1) is 11.3 Å². The lowest BCUT2D eigenvalue weighted by atomic mass is 10.2. The minimum Gasteiger partial charge on any atom is -0.339 e. The summed E-state index contributed by atoms with van der Waals surface area (Å²) in [5.41, 5.74) is 0.436. The summed E-state index contributed by atoms with van der Waals surface area (Å²) < 4.78 is 0. The molecule has 1 aromatic rings. The van der Waals surface area contributed by atoms with E-state index in [2.05, 4.69) is 33.2 Å². The van der Waals surface area contributed by atoms with Gasteiger partial charge in [0.2, 0.25) is 5.95 Å². The average Bonchev–Trinajstić information content (AvgIpc) is 2.96. The van der Waals surface area contributed by atoms with E-state index in [9.17, 15) is 0 Å². The zero-order chi connectivity index (χ0) is 13.5. The van der Waals surface area contributed by atoms with E-state index in [1.54, 1.807) is 12.3 Å². The van der Waals surface area contributed by atoms with Crippen LogP contribution in [0.2, 0.25) is 0 Å². The Kier molecular flexibility index (Phi) is 5.10. The van der Waals surface area contributed by atoms with Crippen molar-refractivity contribution in [3.8, 4) is 6.07 Å². The van der Waals surface area contributed by atoms with E-state index in [-0.39, 0.29) is 0 Å². The lowest BCUT2D eigenvalue weighted by Gasteiger charge is -2.25. The topological polar surface area (TPSA) is 64.8 Å². The highest BCUT2D eigenvalue weighted by Gasteiger charge is 2.19. The fourth-order valence-corrected chi connectivity index (χ4v) is 2.36. The van der Waals surface area contributed by atoms with Crippen molar-refractivity contribution in [2.24, 2.45) is 0 Å². The Morgan fingerprint density at radius 1 is 1.58 bits per heavy atom. The molecule has 5 nitrogen and oxygen atoms in total. The van der Waals surface area contributed by atoms with Gasteiger partial charge in [-0.1, -0.05) is 13.3 Å². The number of aromatic nitrogens is 2. The number of anilines is 1. The number of nitrogens with zero attached hydrogens (tertiary/aromatic N) is 4. The molecule has 0 saturated carbocycles. The SMILES string of the molecule is CCCCN(CC1CCCN1)c1nccc(C#N)n1. The number of nitrogens with one attached hydrogen (secondary N) is 1. The normalized spacial score (nSPS) is 18.2. The highest BCUT2D eigenvalue weighted by molar-refractivity contribution is 5.34. The van der Waals surface area contributed by atoms with Crippen molar-refractivity contribution in [1.82, 2.24) is 15.3 Å². The van der Waals surface area contributed by atoms with E-state index >= 15 is 0 Å². The Hall–Kier alpha value is -1.67. The minimum atomic E-state index is 0.436. The summed E-state index contributed by atoms with van der Waals surface area (Å²) in [6.45, 7) is 5.16. The van der Waals surface area contributed by atoms with Crippen LogP contribution in [0.15, 0.2) is 12.3 Å². The Balaban J connectivity index is 2.08. The van der Waals surface area contributed by atoms with Gasteiger partial charge in [0.25, 0.3) is 0 Å². The van der Waals surface area contributed by atoms with E-state index in [0.717, 1.165) is 32.5 Å². The van der Waals surface area contributed by atoms with E-state index in [4.69, 9.17) is 5.26 Å². The predicted octanol–water partition coefficient (Wildman–Crippen LogP) is 1.71. The van der Waals surface area contributed by atoms with Crippen molar-refractivity contribution in [3.05, 3.63) is 18.0 Å². The molecule has 5 heteroatoms. The van der Waals surface area contributed by atoms with Crippen LogP contribution in [-0.4, -0.2) is 35.6 Å². The monoisotopic (exact) mass is 259 g/mol. The standard InChI is InChI=1S/C14H21N5/c1-2-3-9-19(11-13-5-4-7-16-13)14-17-8-6-12(10-15)18-14/h6,8,13,16H,2-5,7,9,11H2,1H3. The van der Waals surface area contributed by atoms with Crippen LogP contribution in [0.4, 0.5) is 5.95 Å². The van der Waals surface area contributed by atoms with Gasteiger partial charge in [-0.3, -0.25) is 0 Å². The first kappa shape index (κ1) is 13.8. The minimum absolute atomic E-state index is 0.436. The molecule has 0 aromatic carbocycles. The van der Waals surface area contributed by atoms with Gasteiger partial charge in [0.05, 0.1) is 0 Å². The molecule has 19 heavy (non-hydrogen) atoms. The van der Waals surface area contributed by atoms with Gasteiger partial charge < -0.3 is 10.2 Å². The second-order valence-electron chi connectivity index (χ2n) is 4.95. The van der Waals surface area contributed by atoms with Crippen molar-refractivity contribution in [2.75, 3.05) is 24.5 Å². The molecule has 1 aliphatic rings. The predicted molar refractivity (Wildman–Crippen MR) is 74.9 cm³/mol. The van der Waals surface area contributed by atoms with Crippen LogP contribution in [0.5, 0.6) is 0 Å². The second-order valence-corrected chi connectivity index (χ2v) is 4.95. The summed E-state index contributed by atoms with van der Waals surface area (Å²) >= 11 is 0. The van der Waals surface area contributed by atoms with Crippen LogP contribution in [0.25, 0.3) is 0 Å². The van der Waals surface area contributed by atoms with Gasteiger partial charge in [-0.2, -0.15) is 5.26 Å². The molecule has 0 amide bonds. The number of nitriles is 1. The zero-order valence-corrected chi connectivity index (χ0v) is 11.5. The molecule has 0 spiro atoms. The summed E-state index contributed by atoms with van der Waals surface area (Å²) in [5.74, 6) is 0.682. The molecule has 0 bridgehead atoms. The van der Waals surface area contributed by atoms with Crippen LogP contribution in [-0.2, 0) is 0 Å². The van der Waals surface area contributed by atoms with Crippen LogP contribution in [0.1, 0.15) is 38.3 Å². The largest absolute Gasteiger partial charge is 0.339 e. The van der Waals surface area contributed by atoms with Gasteiger partial charge in [-0.15, -0.1) is 0 Å². The zero-order valence-electron chi connectivity index (χ0n) is 11.5. The van der Waals surface area contributed by atoms with Crippen LogP contribution < -0.4 is 10.2 Å². The summed E-state index contributed by atoms with van der Waals surface area (Å²) in [6, 6.07) is 4.25. The third kappa shape index (κ3) is 3.90. The molecule has 0 radical (unpaired) electrons. The Bertz CT molecular complexity index is 434. The Morgan fingerprint density at radius 2 is 2.47 bits per heavy atom. The number of hydrogen-bond donors (Lipinski definition) is 1. The van der Waals surface area contributed by atoms with Gasteiger partial charge in [-0.25, -0.2) is 9.97 Å². The molecule has 1 unspecified atom stereocenters. The fourth-order valence-electron chi connectivity index (χ4n) is 2.36. The highest BCUT2D eigenvalue weighted by atomic mass is 15.3. The van der Waals surface area contributed by atoms with Crippen molar-refractivity contribution < 1.29 is 0 Å². The lowest BCUT2D eigenvalue weighted by Crippen LogP contribution is -2.39. The van der Waals surface area contributed by atoms with E-state index in [1.165, 1.54) is 12.8 Å². The molecular formula is C14H21N5. The first-order chi connectivity index (χ1) is 9.33. The molecule has 2 rings (SSSR count). The molecule has 1 fully saturated rings. The third-order valence-corrected chi connectivity index (χ3v) is 3.42. The van der Waals surface area contributed by atoms with Crippen molar-refractivity contribution in [3.63, 3.8) is 0 Å². The van der Waals surface area contributed by atoms with E-state index in [1.807, 2.05) is 0 Å². The van der Waals surface area contributed by atoms with Gasteiger partial charge in [0.15, 0.2) is 0 Å². The molecule has 1 atom stereocenters. The smallest absolute Gasteiger partial charge is 0.226 e. The van der Waals surface area contributed by atoms with E-state index < -0.39 is 0 Å². The Labute approximate surface area is 114 Å². The summed E-state index contributed by atoms with van der Waals surface area (Å²) in [5, 5.41) is 12.4. The third-order valence-electron chi connectivity index (χ3n) is 3.42. The van der Waals surface area contributed by atoms with Crippen LogP contribution >= 0.6 is 0 Å². The highest BCUT2D eigenvalue weighted by Crippen LogP contribution is 2.13. The maximum atomic E-state index is 8.93. The van der Waals surface area contributed by atoms with Crippen molar-refractivity contribution in [2.45, 2.75) is 38.6 Å². The lowest BCUT2D eigenvalue weighted by molar-refractivity contribution is 0.565. The van der Waals surface area contributed by atoms with Crippen molar-refractivity contribution >= 4 is 5.95 Å². The maximum Gasteiger partial charge on any atom is 0.226 e. The number of hydrogen-bond acceptors (Lipinski definition) is 5. The van der Waals surface area contributed by atoms with Crippen molar-refractivity contribution in [1.29, 1.82) is 5.26 Å². The first-order valence-corrected chi connectivity index (χ1v) is 7.05. The molecule has 1 aliphatic heterocycles. The van der Waals surface area contributed by atoms with Gasteiger partial charge in [-0.05, 0) is 31.9 Å². The summed E-state index contributed by atoms with van der Waals surface area (Å²) in [4.78, 5) is 10.8. The maximum absolute atomic E-state index is 8.93. The van der Waals surface area contributed by atoms with Gasteiger partial charge in [0, 0.05) is 25.3 Å². The molecule has 1 saturated heterocycles. The van der Waals surface area contributed by atoms with Gasteiger partial charge in [0.1, 0.15) is 11.8 Å². The number of unbranched alkanes of at least 4 members (excludes halogenated alkanes) is 1.